The number of hydrogen-bond acceptors (Lipinski definition) is 2. The molecule has 1 aromatic heterocycles. The van der Waals surface area contributed by atoms with Gasteiger partial charge in [0.2, 0.25) is 0 Å². The molecule has 0 bridgehead atoms. The summed E-state index contributed by atoms with van der Waals surface area (Å²) in [6, 6.07) is 2.21. The van der Waals surface area contributed by atoms with Crippen molar-refractivity contribution in [3.05, 3.63) is 53.4 Å². The van der Waals surface area contributed by atoms with E-state index in [1.165, 1.54) is 6.20 Å². The number of aliphatic hydroxyl groups is 1. The summed E-state index contributed by atoms with van der Waals surface area (Å²) < 4.78 is 53.6. The molecule has 0 spiro atoms. The standard InChI is InChI=1S/C14H14F4N2O/c1-2-6-20-7-5-19-13(20)12(21)10-4-3-9(15)8-11(10)14(16,17)18/h3-5,7-8,12,21H,2,6H2,1H3. The van der Waals surface area contributed by atoms with Crippen LogP contribution >= 0.6 is 0 Å². The summed E-state index contributed by atoms with van der Waals surface area (Å²) in [7, 11) is 0. The van der Waals surface area contributed by atoms with Crippen LogP contribution in [0.2, 0.25) is 0 Å². The normalized spacial score (nSPS) is 13.4. The van der Waals surface area contributed by atoms with Gasteiger partial charge in [-0.1, -0.05) is 13.0 Å². The molecule has 0 radical (unpaired) electrons. The third kappa shape index (κ3) is 3.24. The van der Waals surface area contributed by atoms with Crippen LogP contribution in [0, 0.1) is 5.82 Å². The Morgan fingerprint density at radius 1 is 1.33 bits per heavy atom. The van der Waals surface area contributed by atoms with E-state index in [0.29, 0.717) is 12.6 Å². The molecule has 1 atom stereocenters. The maximum atomic E-state index is 13.1. The van der Waals surface area contributed by atoms with E-state index in [9.17, 15) is 22.7 Å². The molecule has 2 rings (SSSR count). The highest BCUT2D eigenvalue weighted by atomic mass is 19.4. The number of alkyl halides is 3. The summed E-state index contributed by atoms with van der Waals surface area (Å²) in [5.74, 6) is -0.899. The van der Waals surface area contributed by atoms with Crippen molar-refractivity contribution in [2.75, 3.05) is 0 Å². The number of nitrogens with zero attached hydrogens (tertiary/aromatic N) is 2. The van der Waals surface area contributed by atoms with Crippen molar-refractivity contribution in [3.63, 3.8) is 0 Å². The number of aryl methyl sites for hydroxylation is 1. The molecule has 0 amide bonds. The van der Waals surface area contributed by atoms with Gasteiger partial charge in [0.1, 0.15) is 17.7 Å². The second-order valence-corrected chi connectivity index (χ2v) is 4.61. The fraction of sp³-hybridized carbons (Fsp3) is 0.357. The van der Waals surface area contributed by atoms with E-state index in [1.54, 1.807) is 10.8 Å². The molecule has 1 aromatic carbocycles. The molecule has 0 aliphatic heterocycles. The van der Waals surface area contributed by atoms with Gasteiger partial charge in [0.15, 0.2) is 0 Å². The number of imidazole rings is 1. The highest BCUT2D eigenvalue weighted by Crippen LogP contribution is 2.36. The number of halogens is 4. The van der Waals surface area contributed by atoms with Gasteiger partial charge in [-0.05, 0) is 18.6 Å². The van der Waals surface area contributed by atoms with Crippen LogP contribution < -0.4 is 0 Å². The number of hydrogen-bond donors (Lipinski definition) is 1. The van der Waals surface area contributed by atoms with Crippen LogP contribution in [-0.2, 0) is 12.7 Å². The third-order valence-electron chi connectivity index (χ3n) is 3.07. The quantitative estimate of drug-likeness (QED) is 0.877. The summed E-state index contributed by atoms with van der Waals surface area (Å²) in [5, 5.41) is 10.2. The summed E-state index contributed by atoms with van der Waals surface area (Å²) in [5.41, 5.74) is -1.60. The zero-order chi connectivity index (χ0) is 15.6. The SMILES string of the molecule is CCCn1ccnc1C(O)c1ccc(F)cc1C(F)(F)F. The molecule has 0 aliphatic rings. The van der Waals surface area contributed by atoms with Gasteiger partial charge in [-0.2, -0.15) is 13.2 Å². The molecular weight excluding hydrogens is 288 g/mol. The van der Waals surface area contributed by atoms with Crippen molar-refractivity contribution >= 4 is 0 Å². The summed E-state index contributed by atoms with van der Waals surface area (Å²) >= 11 is 0. The minimum Gasteiger partial charge on any atom is -0.380 e. The summed E-state index contributed by atoms with van der Waals surface area (Å²) in [6.45, 7) is 2.42. The fourth-order valence-corrected chi connectivity index (χ4v) is 2.15. The van der Waals surface area contributed by atoms with Crippen molar-refractivity contribution in [1.29, 1.82) is 0 Å². The Morgan fingerprint density at radius 2 is 2.05 bits per heavy atom. The second kappa shape index (κ2) is 5.85. The van der Waals surface area contributed by atoms with Gasteiger partial charge in [0.05, 0.1) is 5.56 Å². The van der Waals surface area contributed by atoms with E-state index in [1.807, 2.05) is 6.92 Å². The molecule has 1 heterocycles. The van der Waals surface area contributed by atoms with Gasteiger partial charge in [-0.3, -0.25) is 0 Å². The van der Waals surface area contributed by atoms with Gasteiger partial charge in [0.25, 0.3) is 0 Å². The van der Waals surface area contributed by atoms with Crippen molar-refractivity contribution in [3.8, 4) is 0 Å². The molecule has 3 nitrogen and oxygen atoms in total. The van der Waals surface area contributed by atoms with Crippen LogP contribution in [0.5, 0.6) is 0 Å². The lowest BCUT2D eigenvalue weighted by Gasteiger charge is -2.18. The average Bonchev–Trinajstić information content (AvgIpc) is 2.85. The van der Waals surface area contributed by atoms with E-state index in [2.05, 4.69) is 4.98 Å². The smallest absolute Gasteiger partial charge is 0.380 e. The predicted octanol–water partition coefficient (Wildman–Crippen LogP) is 3.53. The number of benzene rings is 1. The molecule has 21 heavy (non-hydrogen) atoms. The van der Waals surface area contributed by atoms with Crippen molar-refractivity contribution in [2.45, 2.75) is 32.2 Å². The molecule has 1 N–H and O–H groups in total. The Morgan fingerprint density at radius 3 is 2.67 bits per heavy atom. The van der Waals surface area contributed by atoms with Gasteiger partial charge >= 0.3 is 6.18 Å². The van der Waals surface area contributed by atoms with Crippen molar-refractivity contribution in [1.82, 2.24) is 9.55 Å². The van der Waals surface area contributed by atoms with Gasteiger partial charge in [-0.25, -0.2) is 9.37 Å². The van der Waals surface area contributed by atoms with Crippen LogP contribution in [0.15, 0.2) is 30.6 Å². The number of aromatic nitrogens is 2. The predicted molar refractivity (Wildman–Crippen MR) is 68.0 cm³/mol. The highest BCUT2D eigenvalue weighted by Gasteiger charge is 2.36. The Balaban J connectivity index is 2.48. The van der Waals surface area contributed by atoms with E-state index >= 15 is 0 Å². The molecule has 0 aliphatic carbocycles. The Labute approximate surface area is 118 Å². The first kappa shape index (κ1) is 15.5. The van der Waals surface area contributed by atoms with Gasteiger partial charge < -0.3 is 9.67 Å². The largest absolute Gasteiger partial charge is 0.416 e. The van der Waals surface area contributed by atoms with E-state index in [4.69, 9.17) is 0 Å². The van der Waals surface area contributed by atoms with Crippen molar-refractivity contribution < 1.29 is 22.7 Å². The lowest BCUT2D eigenvalue weighted by molar-refractivity contribution is -0.139. The molecule has 0 saturated carbocycles. The lowest BCUT2D eigenvalue weighted by atomic mass is 10.0. The summed E-state index contributed by atoms with van der Waals surface area (Å²) in [6.07, 6.45) is -2.58. The molecule has 114 valence electrons. The third-order valence-corrected chi connectivity index (χ3v) is 3.07. The van der Waals surface area contributed by atoms with Crippen LogP contribution in [0.4, 0.5) is 17.6 Å². The monoisotopic (exact) mass is 302 g/mol. The molecule has 0 fully saturated rings. The lowest BCUT2D eigenvalue weighted by Crippen LogP contribution is -2.16. The highest BCUT2D eigenvalue weighted by molar-refractivity contribution is 5.35. The van der Waals surface area contributed by atoms with Crippen LogP contribution in [0.1, 0.15) is 36.4 Å². The van der Waals surface area contributed by atoms with Crippen LogP contribution in [-0.4, -0.2) is 14.7 Å². The first-order chi connectivity index (χ1) is 9.84. The number of aliphatic hydroxyl groups excluding tert-OH is 1. The minimum atomic E-state index is -4.75. The van der Waals surface area contributed by atoms with Gasteiger partial charge in [0, 0.05) is 24.5 Å². The Bertz CT molecular complexity index is 622. The fourth-order valence-electron chi connectivity index (χ4n) is 2.15. The zero-order valence-corrected chi connectivity index (χ0v) is 11.2. The van der Waals surface area contributed by atoms with Gasteiger partial charge in [-0.15, -0.1) is 0 Å². The maximum Gasteiger partial charge on any atom is 0.416 e. The van der Waals surface area contributed by atoms with Crippen LogP contribution in [0.3, 0.4) is 0 Å². The topological polar surface area (TPSA) is 38.0 Å². The maximum absolute atomic E-state index is 13.1. The molecular formula is C14H14F4N2O. The van der Waals surface area contributed by atoms with Crippen LogP contribution in [0.25, 0.3) is 0 Å². The second-order valence-electron chi connectivity index (χ2n) is 4.61. The molecule has 2 aromatic rings. The Hall–Kier alpha value is -1.89. The molecule has 1 unspecified atom stereocenters. The average molecular weight is 302 g/mol. The first-order valence-corrected chi connectivity index (χ1v) is 6.40. The summed E-state index contributed by atoms with van der Waals surface area (Å²) in [4.78, 5) is 3.91. The zero-order valence-electron chi connectivity index (χ0n) is 11.2. The van der Waals surface area contributed by atoms with E-state index in [0.717, 1.165) is 18.6 Å². The number of rotatable bonds is 4. The van der Waals surface area contributed by atoms with E-state index < -0.39 is 29.2 Å². The molecule has 0 saturated heterocycles. The Kier molecular flexibility index (Phi) is 4.32. The first-order valence-electron chi connectivity index (χ1n) is 6.40. The van der Waals surface area contributed by atoms with Crippen molar-refractivity contribution in [2.24, 2.45) is 0 Å². The minimum absolute atomic E-state index is 0.106. The molecule has 7 heteroatoms. The van der Waals surface area contributed by atoms with E-state index in [-0.39, 0.29) is 5.82 Å².